The van der Waals surface area contributed by atoms with Gasteiger partial charge in [0.25, 0.3) is 0 Å². The summed E-state index contributed by atoms with van der Waals surface area (Å²) in [6.07, 6.45) is -0.0124. The fraction of sp³-hybridized carbons (Fsp3) is 0.188. The zero-order valence-corrected chi connectivity index (χ0v) is 14.9. The van der Waals surface area contributed by atoms with E-state index in [9.17, 15) is 9.36 Å². The van der Waals surface area contributed by atoms with Gasteiger partial charge in [-0.2, -0.15) is 0 Å². The highest BCUT2D eigenvalue weighted by molar-refractivity contribution is 7.52. The average Bonchev–Trinajstić information content (AvgIpc) is 2.58. The third-order valence-corrected chi connectivity index (χ3v) is 5.34. The number of benzene rings is 2. The van der Waals surface area contributed by atoms with Crippen molar-refractivity contribution in [2.45, 2.75) is 6.16 Å². The molecule has 0 saturated carbocycles. The van der Waals surface area contributed by atoms with E-state index < -0.39 is 13.6 Å². The first-order valence-electron chi connectivity index (χ1n) is 7.08. The Morgan fingerprint density at radius 2 is 1.75 bits per heavy atom. The van der Waals surface area contributed by atoms with Crippen LogP contribution in [0.4, 0.5) is 16.2 Å². The van der Waals surface area contributed by atoms with Crippen molar-refractivity contribution in [3.8, 4) is 0 Å². The van der Waals surface area contributed by atoms with Gasteiger partial charge >= 0.3 is 13.6 Å². The highest BCUT2D eigenvalue weighted by atomic mass is 35.5. The minimum Gasteiger partial charge on any atom is -0.312 e. The first-order chi connectivity index (χ1) is 11.5. The quantitative estimate of drug-likeness (QED) is 0.706. The van der Waals surface area contributed by atoms with Crippen LogP contribution in [0.25, 0.3) is 0 Å². The number of carbonyl (C=O) groups excluding carboxylic acids is 1. The maximum Gasteiger partial charge on any atom is 0.334 e. The number of hydrogen-bond donors (Lipinski definition) is 2. The van der Waals surface area contributed by atoms with Crippen molar-refractivity contribution < 1.29 is 18.4 Å². The predicted octanol–water partition coefficient (Wildman–Crippen LogP) is 4.97. The van der Waals surface area contributed by atoms with Gasteiger partial charge in [0.15, 0.2) is 0 Å². The molecular weight excluding hydrogens is 351 g/mol. The lowest BCUT2D eigenvalue weighted by atomic mass is 10.2. The number of nitrogens with one attached hydrogen (secondary N) is 2. The van der Waals surface area contributed by atoms with E-state index >= 15 is 0 Å². The summed E-state index contributed by atoms with van der Waals surface area (Å²) in [5.41, 5.74) is 1.69. The summed E-state index contributed by atoms with van der Waals surface area (Å²) in [6, 6.07) is 13.5. The number of hydrogen-bond acceptors (Lipinski definition) is 4. The molecule has 0 fully saturated rings. The molecule has 0 saturated heterocycles. The Labute approximate surface area is 145 Å². The Morgan fingerprint density at radius 3 is 2.38 bits per heavy atom. The van der Waals surface area contributed by atoms with Gasteiger partial charge in [-0.05, 0) is 35.9 Å². The SMILES string of the molecule is COP(=O)(Cc1cc(Cl)ccc1NC(=O)Nc1ccccc1)OC. The maximum absolute atomic E-state index is 12.3. The molecule has 0 aliphatic carbocycles. The fourth-order valence-electron chi connectivity index (χ4n) is 2.03. The number of anilines is 2. The maximum atomic E-state index is 12.3. The van der Waals surface area contributed by atoms with Crippen molar-refractivity contribution in [1.82, 2.24) is 0 Å². The van der Waals surface area contributed by atoms with Crippen molar-refractivity contribution in [2.75, 3.05) is 24.9 Å². The van der Waals surface area contributed by atoms with Crippen LogP contribution in [0.3, 0.4) is 0 Å². The first-order valence-corrected chi connectivity index (χ1v) is 9.18. The number of urea groups is 1. The van der Waals surface area contributed by atoms with E-state index in [0.717, 1.165) is 0 Å². The Kier molecular flexibility index (Phi) is 6.40. The van der Waals surface area contributed by atoms with Gasteiger partial charge in [-0.1, -0.05) is 29.8 Å². The molecule has 128 valence electrons. The Hall–Kier alpha value is -1.85. The van der Waals surface area contributed by atoms with E-state index in [0.29, 0.717) is 22.0 Å². The summed E-state index contributed by atoms with van der Waals surface area (Å²) in [6.45, 7) is 0. The van der Waals surface area contributed by atoms with Crippen LogP contribution in [0.1, 0.15) is 5.56 Å². The van der Waals surface area contributed by atoms with Crippen molar-refractivity contribution in [2.24, 2.45) is 0 Å². The van der Waals surface area contributed by atoms with Gasteiger partial charge in [-0.3, -0.25) is 4.57 Å². The lowest BCUT2D eigenvalue weighted by Crippen LogP contribution is -2.20. The van der Waals surface area contributed by atoms with Gasteiger partial charge in [-0.25, -0.2) is 4.79 Å². The number of halogens is 1. The molecule has 8 heteroatoms. The fourth-order valence-corrected chi connectivity index (χ4v) is 3.31. The van der Waals surface area contributed by atoms with Crippen molar-refractivity contribution in [3.63, 3.8) is 0 Å². The van der Waals surface area contributed by atoms with E-state index in [1.807, 2.05) is 18.2 Å². The molecule has 6 nitrogen and oxygen atoms in total. The van der Waals surface area contributed by atoms with Crippen LogP contribution in [0.2, 0.25) is 5.02 Å². The molecule has 0 spiro atoms. The molecular formula is C16H18ClN2O4P. The smallest absolute Gasteiger partial charge is 0.312 e. The summed E-state index contributed by atoms with van der Waals surface area (Å²) in [7, 11) is -0.671. The summed E-state index contributed by atoms with van der Waals surface area (Å²) in [4.78, 5) is 12.1. The van der Waals surface area contributed by atoms with Crippen LogP contribution in [0, 0.1) is 0 Å². The lowest BCUT2D eigenvalue weighted by Gasteiger charge is -2.17. The van der Waals surface area contributed by atoms with E-state index in [1.54, 1.807) is 30.3 Å². The molecule has 0 heterocycles. The minimum atomic E-state index is -3.29. The number of rotatable bonds is 6. The molecule has 2 aromatic rings. The molecule has 24 heavy (non-hydrogen) atoms. The van der Waals surface area contributed by atoms with Gasteiger partial charge in [0.1, 0.15) is 0 Å². The van der Waals surface area contributed by atoms with Crippen molar-refractivity contribution >= 4 is 36.6 Å². The predicted molar refractivity (Wildman–Crippen MR) is 95.9 cm³/mol. The Balaban J connectivity index is 2.18. The average molecular weight is 369 g/mol. The summed E-state index contributed by atoms with van der Waals surface area (Å²) in [5, 5.41) is 5.88. The lowest BCUT2D eigenvalue weighted by molar-refractivity contribution is 0.262. The van der Waals surface area contributed by atoms with E-state index in [4.69, 9.17) is 20.6 Å². The third-order valence-electron chi connectivity index (χ3n) is 3.27. The number of para-hydroxylation sites is 1. The molecule has 2 N–H and O–H groups in total. The highest BCUT2D eigenvalue weighted by Gasteiger charge is 2.24. The highest BCUT2D eigenvalue weighted by Crippen LogP contribution is 2.51. The molecule has 0 atom stereocenters. The second-order valence-electron chi connectivity index (χ2n) is 4.88. The molecule has 2 aromatic carbocycles. The van der Waals surface area contributed by atoms with E-state index in [2.05, 4.69) is 10.6 Å². The third kappa shape index (κ3) is 5.08. The molecule has 0 aliphatic rings. The van der Waals surface area contributed by atoms with Gasteiger partial charge in [-0.15, -0.1) is 0 Å². The van der Waals surface area contributed by atoms with Crippen molar-refractivity contribution in [1.29, 1.82) is 0 Å². The molecule has 2 amide bonds. The molecule has 0 aliphatic heterocycles. The van der Waals surface area contributed by atoms with Gasteiger partial charge in [0, 0.05) is 30.6 Å². The molecule has 2 rings (SSSR count). The second-order valence-corrected chi connectivity index (χ2v) is 7.59. The summed E-state index contributed by atoms with van der Waals surface area (Å²) >= 11 is 6.00. The normalized spacial score (nSPS) is 11.1. The van der Waals surface area contributed by atoms with Crippen molar-refractivity contribution in [3.05, 3.63) is 59.1 Å². The standard InChI is InChI=1S/C16H18ClN2O4P/c1-22-24(21,23-2)11-12-10-13(17)8-9-15(12)19-16(20)18-14-6-4-3-5-7-14/h3-10H,11H2,1-2H3,(H2,18,19,20). The first kappa shape index (κ1) is 18.5. The zero-order chi connectivity index (χ0) is 17.6. The van der Waals surface area contributed by atoms with Crippen LogP contribution >= 0.6 is 19.2 Å². The van der Waals surface area contributed by atoms with Crippen LogP contribution < -0.4 is 10.6 Å². The molecule has 0 radical (unpaired) electrons. The molecule has 0 unspecified atom stereocenters. The largest absolute Gasteiger partial charge is 0.334 e. The van der Waals surface area contributed by atoms with Gasteiger partial charge in [0.2, 0.25) is 0 Å². The van der Waals surface area contributed by atoms with Crippen LogP contribution in [0.5, 0.6) is 0 Å². The topological polar surface area (TPSA) is 76.7 Å². The second kappa shape index (κ2) is 8.31. The van der Waals surface area contributed by atoms with Crippen LogP contribution in [-0.4, -0.2) is 20.3 Å². The number of carbonyl (C=O) groups is 1. The Bertz CT molecular complexity index is 747. The number of amides is 2. The molecule has 0 bridgehead atoms. The zero-order valence-electron chi connectivity index (χ0n) is 13.3. The van der Waals surface area contributed by atoms with Gasteiger partial charge < -0.3 is 19.7 Å². The monoisotopic (exact) mass is 368 g/mol. The molecule has 0 aromatic heterocycles. The summed E-state index contributed by atoms with van der Waals surface area (Å²) < 4.78 is 22.2. The van der Waals surface area contributed by atoms with Crippen LogP contribution in [-0.2, 0) is 19.8 Å². The van der Waals surface area contributed by atoms with Crippen LogP contribution in [0.15, 0.2) is 48.5 Å². The van der Waals surface area contributed by atoms with E-state index in [-0.39, 0.29) is 6.16 Å². The Morgan fingerprint density at radius 1 is 1.08 bits per heavy atom. The van der Waals surface area contributed by atoms with E-state index in [1.165, 1.54) is 14.2 Å². The minimum absolute atomic E-state index is 0.0124. The summed E-state index contributed by atoms with van der Waals surface area (Å²) in [5.74, 6) is 0. The van der Waals surface area contributed by atoms with Gasteiger partial charge in [0.05, 0.1) is 6.16 Å².